The van der Waals surface area contributed by atoms with Gasteiger partial charge in [0.1, 0.15) is 5.82 Å². The van der Waals surface area contributed by atoms with Crippen molar-refractivity contribution in [1.82, 2.24) is 9.36 Å². The van der Waals surface area contributed by atoms with Crippen molar-refractivity contribution in [2.45, 2.75) is 19.8 Å². The molecule has 0 unspecified atom stereocenters. The fourth-order valence-electron chi connectivity index (χ4n) is 0.769. The molecule has 0 aliphatic heterocycles. The van der Waals surface area contributed by atoms with Crippen molar-refractivity contribution in [2.24, 2.45) is 0 Å². The number of aryl methyl sites for hydroxylation is 1. The van der Waals surface area contributed by atoms with Crippen LogP contribution in [0.1, 0.15) is 18.7 Å². The van der Waals surface area contributed by atoms with E-state index in [4.69, 9.17) is 5.11 Å². The summed E-state index contributed by atoms with van der Waals surface area (Å²) in [5.74, 6) is 0.521. The molecule has 0 saturated heterocycles. The molecule has 0 aliphatic rings. The maximum absolute atomic E-state index is 11.1. The van der Waals surface area contributed by atoms with Crippen molar-refractivity contribution in [2.75, 3.05) is 11.9 Å². The van der Waals surface area contributed by atoms with Crippen LogP contribution in [0.4, 0.5) is 5.13 Å². The Balaban J connectivity index is 2.36. The number of carbonyl (C=O) groups is 1. The van der Waals surface area contributed by atoms with E-state index in [-0.39, 0.29) is 12.5 Å². The first kappa shape index (κ1) is 10.1. The van der Waals surface area contributed by atoms with E-state index in [2.05, 4.69) is 14.7 Å². The van der Waals surface area contributed by atoms with Crippen LogP contribution in [0.2, 0.25) is 0 Å². The van der Waals surface area contributed by atoms with E-state index in [1.807, 2.05) is 0 Å². The quantitative estimate of drug-likeness (QED) is 0.746. The topological polar surface area (TPSA) is 75.1 Å². The average molecular weight is 201 g/mol. The summed E-state index contributed by atoms with van der Waals surface area (Å²) >= 11 is 1.16. The molecule has 0 radical (unpaired) electrons. The highest BCUT2D eigenvalue weighted by Crippen LogP contribution is 2.10. The molecule has 1 amide bonds. The van der Waals surface area contributed by atoms with Crippen LogP contribution in [0.3, 0.4) is 0 Å². The van der Waals surface area contributed by atoms with Crippen molar-refractivity contribution in [1.29, 1.82) is 0 Å². The lowest BCUT2D eigenvalue weighted by molar-refractivity contribution is -0.116. The Kier molecular flexibility index (Phi) is 3.78. The Labute approximate surface area is 80.0 Å². The predicted octanol–water partition coefficient (Wildman–Crippen LogP) is 0.558. The lowest BCUT2D eigenvalue weighted by atomic mass is 10.3. The minimum absolute atomic E-state index is 0.0303. The molecule has 13 heavy (non-hydrogen) atoms. The molecule has 5 nitrogen and oxygen atoms in total. The number of rotatable bonds is 4. The molecule has 0 fully saturated rings. The summed E-state index contributed by atoms with van der Waals surface area (Å²) < 4.78 is 3.92. The van der Waals surface area contributed by atoms with Gasteiger partial charge in [-0.2, -0.15) is 4.37 Å². The van der Waals surface area contributed by atoms with Crippen LogP contribution in [0, 0.1) is 6.92 Å². The SMILES string of the molecule is Cc1nsc(NC(=O)CCCO)n1. The van der Waals surface area contributed by atoms with Gasteiger partial charge in [0, 0.05) is 24.6 Å². The van der Waals surface area contributed by atoms with Gasteiger partial charge in [0.05, 0.1) is 0 Å². The van der Waals surface area contributed by atoms with E-state index >= 15 is 0 Å². The third-order valence-corrected chi connectivity index (χ3v) is 2.06. The highest BCUT2D eigenvalue weighted by atomic mass is 32.1. The Bertz CT molecular complexity index is 287. The lowest BCUT2D eigenvalue weighted by Crippen LogP contribution is -2.11. The molecule has 1 aromatic heterocycles. The molecular formula is C7H11N3O2S. The molecule has 72 valence electrons. The highest BCUT2D eigenvalue weighted by molar-refractivity contribution is 7.09. The summed E-state index contributed by atoms with van der Waals surface area (Å²) in [4.78, 5) is 15.1. The zero-order chi connectivity index (χ0) is 9.68. The van der Waals surface area contributed by atoms with Crippen molar-refractivity contribution in [3.05, 3.63) is 5.82 Å². The molecule has 0 atom stereocenters. The molecule has 0 spiro atoms. The maximum atomic E-state index is 11.1. The second kappa shape index (κ2) is 4.88. The number of anilines is 1. The predicted molar refractivity (Wildman–Crippen MR) is 49.6 cm³/mol. The lowest BCUT2D eigenvalue weighted by Gasteiger charge is -1.97. The summed E-state index contributed by atoms with van der Waals surface area (Å²) in [7, 11) is 0. The highest BCUT2D eigenvalue weighted by Gasteiger charge is 2.04. The van der Waals surface area contributed by atoms with E-state index in [0.717, 1.165) is 11.5 Å². The zero-order valence-corrected chi connectivity index (χ0v) is 8.10. The summed E-state index contributed by atoms with van der Waals surface area (Å²) in [6.07, 6.45) is 0.790. The normalized spacial score (nSPS) is 10.0. The molecule has 0 bridgehead atoms. The number of nitrogens with one attached hydrogen (secondary N) is 1. The van der Waals surface area contributed by atoms with Gasteiger partial charge in [-0.1, -0.05) is 0 Å². The Morgan fingerprint density at radius 3 is 3.00 bits per heavy atom. The summed E-state index contributed by atoms with van der Waals surface area (Å²) in [5.41, 5.74) is 0. The van der Waals surface area contributed by atoms with Crippen LogP contribution in [-0.2, 0) is 4.79 Å². The van der Waals surface area contributed by atoms with Gasteiger partial charge in [0.2, 0.25) is 11.0 Å². The van der Waals surface area contributed by atoms with Crippen LogP contribution in [-0.4, -0.2) is 27.0 Å². The molecule has 1 aromatic rings. The first-order chi connectivity index (χ1) is 6.22. The molecule has 1 rings (SSSR count). The first-order valence-electron chi connectivity index (χ1n) is 3.93. The number of aromatic nitrogens is 2. The van der Waals surface area contributed by atoms with Crippen molar-refractivity contribution in [3.63, 3.8) is 0 Å². The average Bonchev–Trinajstić information content (AvgIpc) is 2.48. The molecule has 0 aromatic carbocycles. The second-order valence-electron chi connectivity index (χ2n) is 2.52. The first-order valence-corrected chi connectivity index (χ1v) is 4.70. The molecule has 0 saturated carbocycles. The Hall–Kier alpha value is -1.01. The van der Waals surface area contributed by atoms with Crippen LogP contribution in [0.5, 0.6) is 0 Å². The Morgan fingerprint density at radius 1 is 1.69 bits per heavy atom. The van der Waals surface area contributed by atoms with Gasteiger partial charge >= 0.3 is 0 Å². The monoisotopic (exact) mass is 201 g/mol. The zero-order valence-electron chi connectivity index (χ0n) is 7.28. The van der Waals surface area contributed by atoms with E-state index in [1.54, 1.807) is 6.92 Å². The maximum Gasteiger partial charge on any atom is 0.226 e. The minimum Gasteiger partial charge on any atom is -0.396 e. The molecule has 0 aliphatic carbocycles. The van der Waals surface area contributed by atoms with Crippen LogP contribution >= 0.6 is 11.5 Å². The summed E-state index contributed by atoms with van der Waals surface area (Å²) in [5, 5.41) is 11.6. The van der Waals surface area contributed by atoms with E-state index in [0.29, 0.717) is 23.8 Å². The third kappa shape index (κ3) is 3.47. The van der Waals surface area contributed by atoms with Crippen LogP contribution in [0.15, 0.2) is 0 Å². The number of aliphatic hydroxyl groups excluding tert-OH is 1. The van der Waals surface area contributed by atoms with Crippen molar-refractivity contribution in [3.8, 4) is 0 Å². The fourth-order valence-corrected chi connectivity index (χ4v) is 1.36. The standard InChI is InChI=1S/C7H11N3O2S/c1-5-8-7(13-10-5)9-6(12)3-2-4-11/h11H,2-4H2,1H3,(H,8,9,10,12). The summed E-state index contributed by atoms with van der Waals surface area (Å²) in [6, 6.07) is 0. The Morgan fingerprint density at radius 2 is 2.46 bits per heavy atom. The molecule has 2 N–H and O–H groups in total. The fraction of sp³-hybridized carbons (Fsp3) is 0.571. The number of carbonyl (C=O) groups excluding carboxylic acids is 1. The van der Waals surface area contributed by atoms with Gasteiger partial charge in [0.25, 0.3) is 0 Å². The largest absolute Gasteiger partial charge is 0.396 e. The second-order valence-corrected chi connectivity index (χ2v) is 3.27. The molecule has 1 heterocycles. The van der Waals surface area contributed by atoms with Gasteiger partial charge < -0.3 is 10.4 Å². The third-order valence-electron chi connectivity index (χ3n) is 1.34. The van der Waals surface area contributed by atoms with Crippen LogP contribution in [0.25, 0.3) is 0 Å². The van der Waals surface area contributed by atoms with Crippen LogP contribution < -0.4 is 5.32 Å². The van der Waals surface area contributed by atoms with Crippen molar-refractivity contribution >= 4 is 22.6 Å². The minimum atomic E-state index is -0.134. The van der Waals surface area contributed by atoms with E-state index < -0.39 is 0 Å². The summed E-state index contributed by atoms with van der Waals surface area (Å²) in [6.45, 7) is 1.79. The van der Waals surface area contributed by atoms with Gasteiger partial charge in [0.15, 0.2) is 0 Å². The molecular weight excluding hydrogens is 190 g/mol. The van der Waals surface area contributed by atoms with Gasteiger partial charge in [-0.15, -0.1) is 0 Å². The number of hydrogen-bond donors (Lipinski definition) is 2. The number of amides is 1. The molecule has 6 heteroatoms. The van der Waals surface area contributed by atoms with Crippen molar-refractivity contribution < 1.29 is 9.90 Å². The smallest absolute Gasteiger partial charge is 0.226 e. The number of nitrogens with zero attached hydrogens (tertiary/aromatic N) is 2. The number of hydrogen-bond acceptors (Lipinski definition) is 5. The van der Waals surface area contributed by atoms with Gasteiger partial charge in [-0.3, -0.25) is 4.79 Å². The van der Waals surface area contributed by atoms with E-state index in [9.17, 15) is 4.79 Å². The number of aliphatic hydroxyl groups is 1. The van der Waals surface area contributed by atoms with Gasteiger partial charge in [-0.25, -0.2) is 4.98 Å². The van der Waals surface area contributed by atoms with E-state index in [1.165, 1.54) is 0 Å². The van der Waals surface area contributed by atoms with Gasteiger partial charge in [-0.05, 0) is 13.3 Å².